The Balaban J connectivity index is 3.51. The minimum atomic E-state index is -0.211. The number of alkyl halides is 1. The van der Waals surface area contributed by atoms with Gasteiger partial charge in [-0.15, -0.1) is 11.6 Å². The summed E-state index contributed by atoms with van der Waals surface area (Å²) in [5.41, 5.74) is 0. The maximum atomic E-state index is 9.84. The first-order valence-corrected chi connectivity index (χ1v) is 3.12. The Labute approximate surface area is 54.2 Å². The Morgan fingerprint density at radius 2 is 2.25 bits per heavy atom. The summed E-state index contributed by atoms with van der Waals surface area (Å²) < 4.78 is 0. The summed E-state index contributed by atoms with van der Waals surface area (Å²) in [6.45, 7) is 3.67. The zero-order valence-electron chi connectivity index (χ0n) is 5.10. The van der Waals surface area contributed by atoms with Crippen LogP contribution in [0.5, 0.6) is 0 Å². The predicted molar refractivity (Wildman–Crippen MR) is 35.2 cm³/mol. The number of halogens is 1. The Bertz CT molecular complexity index is 74.8. The highest BCUT2D eigenvalue weighted by molar-refractivity contribution is 6.20. The molecular weight excluding hydrogens is 126 g/mol. The van der Waals surface area contributed by atoms with E-state index in [2.05, 4.69) is 5.18 Å². The lowest BCUT2D eigenvalue weighted by molar-refractivity contribution is 0.634. The number of nitroso groups, excluding NO2 is 1. The summed E-state index contributed by atoms with van der Waals surface area (Å²) in [5.74, 6) is 0. The summed E-state index contributed by atoms with van der Waals surface area (Å²) in [6, 6.07) is -0.211. The molecule has 0 saturated heterocycles. The third-order valence-electron chi connectivity index (χ3n) is 1.08. The van der Waals surface area contributed by atoms with Crippen molar-refractivity contribution in [2.75, 3.05) is 0 Å². The maximum absolute atomic E-state index is 9.84. The number of hydrogen-bond donors (Lipinski definition) is 0. The van der Waals surface area contributed by atoms with Gasteiger partial charge in [0.15, 0.2) is 0 Å². The van der Waals surface area contributed by atoms with Crippen molar-refractivity contribution in [3.05, 3.63) is 4.91 Å². The van der Waals surface area contributed by atoms with E-state index in [0.29, 0.717) is 0 Å². The SMILES string of the molecule is CCC(N=O)C(C)Cl. The maximum Gasteiger partial charge on any atom is 0.108 e. The van der Waals surface area contributed by atoms with Crippen molar-refractivity contribution in [1.82, 2.24) is 0 Å². The normalized spacial score (nSPS) is 17.4. The molecule has 2 nitrogen and oxygen atoms in total. The molecule has 0 spiro atoms. The summed E-state index contributed by atoms with van der Waals surface area (Å²) in [7, 11) is 0. The molecule has 0 aromatic rings. The molecular formula is C5H10ClNO. The van der Waals surface area contributed by atoms with Gasteiger partial charge < -0.3 is 0 Å². The van der Waals surface area contributed by atoms with Gasteiger partial charge >= 0.3 is 0 Å². The van der Waals surface area contributed by atoms with E-state index in [1.165, 1.54) is 0 Å². The zero-order chi connectivity index (χ0) is 6.57. The fraction of sp³-hybridized carbons (Fsp3) is 1.00. The lowest BCUT2D eigenvalue weighted by Gasteiger charge is -2.05. The molecule has 0 rings (SSSR count). The zero-order valence-corrected chi connectivity index (χ0v) is 5.85. The summed E-state index contributed by atoms with van der Waals surface area (Å²) >= 11 is 5.55. The molecule has 0 aromatic heterocycles. The number of hydrogen-bond acceptors (Lipinski definition) is 2. The average molecular weight is 136 g/mol. The van der Waals surface area contributed by atoms with Crippen molar-refractivity contribution in [3.8, 4) is 0 Å². The van der Waals surface area contributed by atoms with Gasteiger partial charge in [0.1, 0.15) is 6.04 Å². The van der Waals surface area contributed by atoms with Crippen LogP contribution in [0, 0.1) is 4.91 Å². The van der Waals surface area contributed by atoms with Crippen LogP contribution in [0.15, 0.2) is 5.18 Å². The van der Waals surface area contributed by atoms with Crippen molar-refractivity contribution in [2.45, 2.75) is 31.7 Å². The number of nitrogens with zero attached hydrogens (tertiary/aromatic N) is 1. The molecule has 0 radical (unpaired) electrons. The fourth-order valence-electron chi connectivity index (χ4n) is 0.483. The predicted octanol–water partition coefficient (Wildman–Crippen LogP) is 2.16. The molecule has 0 bridgehead atoms. The van der Waals surface area contributed by atoms with E-state index in [1.807, 2.05) is 6.92 Å². The van der Waals surface area contributed by atoms with Gasteiger partial charge in [0, 0.05) is 0 Å². The first-order valence-electron chi connectivity index (χ1n) is 2.69. The van der Waals surface area contributed by atoms with Gasteiger partial charge in [-0.25, -0.2) is 0 Å². The number of rotatable bonds is 3. The smallest absolute Gasteiger partial charge is 0.108 e. The van der Waals surface area contributed by atoms with Gasteiger partial charge in [0.05, 0.1) is 5.38 Å². The largest absolute Gasteiger partial charge is 0.150 e. The molecule has 2 atom stereocenters. The second-order valence-electron chi connectivity index (χ2n) is 1.76. The Hall–Kier alpha value is -0.110. The van der Waals surface area contributed by atoms with Gasteiger partial charge in [-0.05, 0) is 13.3 Å². The topological polar surface area (TPSA) is 29.4 Å². The van der Waals surface area contributed by atoms with Crippen molar-refractivity contribution >= 4 is 11.6 Å². The molecule has 0 aromatic carbocycles. The highest BCUT2D eigenvalue weighted by Gasteiger charge is 2.11. The second kappa shape index (κ2) is 3.84. The van der Waals surface area contributed by atoms with E-state index >= 15 is 0 Å². The van der Waals surface area contributed by atoms with Gasteiger partial charge in [0.2, 0.25) is 0 Å². The van der Waals surface area contributed by atoms with Gasteiger partial charge in [-0.2, -0.15) is 4.91 Å². The van der Waals surface area contributed by atoms with E-state index in [0.717, 1.165) is 6.42 Å². The van der Waals surface area contributed by atoms with Gasteiger partial charge in [0.25, 0.3) is 0 Å². The standard InChI is InChI=1S/C5H10ClNO/c1-3-5(7-8)4(2)6/h4-5H,3H2,1-2H3. The molecule has 8 heavy (non-hydrogen) atoms. The molecule has 0 aliphatic carbocycles. The van der Waals surface area contributed by atoms with Crippen LogP contribution in [-0.4, -0.2) is 11.4 Å². The van der Waals surface area contributed by atoms with E-state index in [-0.39, 0.29) is 11.4 Å². The summed E-state index contributed by atoms with van der Waals surface area (Å²) in [6.07, 6.45) is 0.730. The van der Waals surface area contributed by atoms with Crippen LogP contribution >= 0.6 is 11.6 Å². The van der Waals surface area contributed by atoms with E-state index in [9.17, 15) is 4.91 Å². The van der Waals surface area contributed by atoms with Gasteiger partial charge in [-0.3, -0.25) is 0 Å². The molecule has 0 fully saturated rings. The van der Waals surface area contributed by atoms with Crippen LogP contribution in [0.25, 0.3) is 0 Å². The summed E-state index contributed by atoms with van der Waals surface area (Å²) in [4.78, 5) is 9.84. The molecule has 0 aliphatic heterocycles. The van der Waals surface area contributed by atoms with Gasteiger partial charge in [-0.1, -0.05) is 12.1 Å². The van der Waals surface area contributed by atoms with Crippen molar-refractivity contribution in [2.24, 2.45) is 5.18 Å². The highest BCUT2D eigenvalue weighted by Crippen LogP contribution is 2.08. The Morgan fingerprint density at radius 1 is 1.75 bits per heavy atom. The molecule has 0 saturated carbocycles. The first kappa shape index (κ1) is 7.89. The lowest BCUT2D eigenvalue weighted by atomic mass is 10.2. The van der Waals surface area contributed by atoms with Crippen molar-refractivity contribution < 1.29 is 0 Å². The van der Waals surface area contributed by atoms with Crippen molar-refractivity contribution in [3.63, 3.8) is 0 Å². The molecule has 3 heteroatoms. The minimum Gasteiger partial charge on any atom is -0.150 e. The van der Waals surface area contributed by atoms with E-state index in [1.54, 1.807) is 6.92 Å². The van der Waals surface area contributed by atoms with Crippen LogP contribution in [0.4, 0.5) is 0 Å². The average Bonchev–Trinajstić information content (AvgIpc) is 1.69. The monoisotopic (exact) mass is 135 g/mol. The third-order valence-corrected chi connectivity index (χ3v) is 1.37. The molecule has 0 heterocycles. The molecule has 0 amide bonds. The van der Waals surface area contributed by atoms with E-state index < -0.39 is 0 Å². The van der Waals surface area contributed by atoms with Crippen molar-refractivity contribution in [1.29, 1.82) is 0 Å². The van der Waals surface area contributed by atoms with Crippen LogP contribution in [0.1, 0.15) is 20.3 Å². The molecule has 2 unspecified atom stereocenters. The van der Waals surface area contributed by atoms with Crippen LogP contribution < -0.4 is 0 Å². The quantitative estimate of drug-likeness (QED) is 0.431. The minimum absolute atomic E-state index is 0.127. The first-order chi connectivity index (χ1) is 3.72. The van der Waals surface area contributed by atoms with Crippen LogP contribution in [0.2, 0.25) is 0 Å². The Kier molecular flexibility index (Phi) is 3.79. The van der Waals surface area contributed by atoms with Crippen LogP contribution in [-0.2, 0) is 0 Å². The fourth-order valence-corrected chi connectivity index (χ4v) is 0.707. The third kappa shape index (κ3) is 2.26. The highest BCUT2D eigenvalue weighted by atomic mass is 35.5. The molecule has 48 valence electrons. The second-order valence-corrected chi connectivity index (χ2v) is 2.45. The molecule has 0 N–H and O–H groups in total. The lowest BCUT2D eigenvalue weighted by Crippen LogP contribution is -2.12. The summed E-state index contributed by atoms with van der Waals surface area (Å²) in [5, 5.41) is 2.70. The van der Waals surface area contributed by atoms with Crippen LogP contribution in [0.3, 0.4) is 0 Å². The Morgan fingerprint density at radius 3 is 2.25 bits per heavy atom. The van der Waals surface area contributed by atoms with E-state index in [4.69, 9.17) is 11.6 Å². The molecule has 0 aliphatic rings.